The minimum absolute atomic E-state index is 0.0478. The molecule has 0 fully saturated rings. The highest BCUT2D eigenvalue weighted by atomic mass is 32.2. The summed E-state index contributed by atoms with van der Waals surface area (Å²) in [6.07, 6.45) is 1.42. The van der Waals surface area contributed by atoms with Crippen LogP contribution < -0.4 is 10.3 Å². The van der Waals surface area contributed by atoms with E-state index in [1.165, 1.54) is 30.5 Å². The standard InChI is InChI=1S/C19H15N5O4S2/c1-11-22-23-19(29-11)24-30(27,28)13-8-6-12(7-9-13)20-10-16-14-4-2-3-5-15(14)17(25)21-18(16)26/h2-10H,1H3,(H,23,24)(H2,21,25,26). The highest BCUT2D eigenvalue weighted by molar-refractivity contribution is 7.93. The Morgan fingerprint density at radius 1 is 1.10 bits per heavy atom. The third-order valence-corrected chi connectivity index (χ3v) is 6.42. The molecule has 0 spiro atoms. The first-order valence-electron chi connectivity index (χ1n) is 8.64. The third-order valence-electron chi connectivity index (χ3n) is 4.19. The Hall–Kier alpha value is -3.57. The number of hydrogen-bond donors (Lipinski definition) is 3. The summed E-state index contributed by atoms with van der Waals surface area (Å²) in [5.74, 6) is -0.293. The molecule has 3 N–H and O–H groups in total. The Labute approximate surface area is 174 Å². The number of nitrogens with zero attached hydrogens (tertiary/aromatic N) is 3. The van der Waals surface area contributed by atoms with Crippen LogP contribution in [0.4, 0.5) is 10.8 Å². The zero-order chi connectivity index (χ0) is 21.3. The highest BCUT2D eigenvalue weighted by Crippen LogP contribution is 2.24. The number of anilines is 1. The van der Waals surface area contributed by atoms with Crippen LogP contribution in [-0.2, 0) is 10.0 Å². The molecule has 2 aromatic heterocycles. The van der Waals surface area contributed by atoms with Gasteiger partial charge in [0, 0.05) is 17.0 Å². The van der Waals surface area contributed by atoms with Crippen LogP contribution in [0.3, 0.4) is 0 Å². The van der Waals surface area contributed by atoms with E-state index in [-0.39, 0.29) is 15.9 Å². The number of benzene rings is 2. The first-order valence-corrected chi connectivity index (χ1v) is 10.9. The molecular formula is C19H15N5O4S2. The number of fused-ring (bicyclic) bond motifs is 1. The van der Waals surface area contributed by atoms with Crippen LogP contribution in [0, 0.1) is 6.92 Å². The van der Waals surface area contributed by atoms with E-state index in [1.807, 2.05) is 0 Å². The zero-order valence-corrected chi connectivity index (χ0v) is 17.2. The van der Waals surface area contributed by atoms with Crippen LogP contribution >= 0.6 is 11.3 Å². The van der Waals surface area contributed by atoms with Crippen LogP contribution in [-0.4, -0.2) is 34.9 Å². The number of rotatable bonds is 5. The Morgan fingerprint density at radius 3 is 2.47 bits per heavy atom. The molecule has 0 amide bonds. The fourth-order valence-electron chi connectivity index (χ4n) is 2.78. The predicted octanol–water partition coefficient (Wildman–Crippen LogP) is 2.95. The van der Waals surface area contributed by atoms with Gasteiger partial charge in [-0.3, -0.25) is 19.5 Å². The Balaban J connectivity index is 1.61. The maximum Gasteiger partial charge on any atom is 0.263 e. The van der Waals surface area contributed by atoms with Gasteiger partial charge in [0.05, 0.1) is 16.1 Å². The highest BCUT2D eigenvalue weighted by Gasteiger charge is 2.16. The lowest BCUT2D eigenvalue weighted by atomic mass is 10.1. The van der Waals surface area contributed by atoms with Gasteiger partial charge in [-0.1, -0.05) is 29.5 Å². The molecule has 2 heterocycles. The lowest BCUT2D eigenvalue weighted by Gasteiger charge is -2.05. The molecule has 0 radical (unpaired) electrons. The molecule has 0 bridgehead atoms. The van der Waals surface area contributed by atoms with E-state index in [2.05, 4.69) is 24.9 Å². The van der Waals surface area contributed by atoms with Gasteiger partial charge >= 0.3 is 0 Å². The zero-order valence-electron chi connectivity index (χ0n) is 15.5. The van der Waals surface area contributed by atoms with E-state index in [4.69, 9.17) is 0 Å². The predicted molar refractivity (Wildman–Crippen MR) is 115 cm³/mol. The van der Waals surface area contributed by atoms with Crippen molar-refractivity contribution in [2.45, 2.75) is 11.8 Å². The average Bonchev–Trinajstić information content (AvgIpc) is 3.12. The Morgan fingerprint density at radius 2 is 1.80 bits per heavy atom. The molecule has 4 aromatic rings. The quantitative estimate of drug-likeness (QED) is 0.407. The molecule has 0 unspecified atom stereocenters. The second-order valence-corrected chi connectivity index (χ2v) is 9.11. The minimum atomic E-state index is -3.80. The number of pyridine rings is 1. The fraction of sp³-hybridized carbons (Fsp3) is 0.0526. The normalized spacial score (nSPS) is 11.9. The molecular weight excluding hydrogens is 426 g/mol. The summed E-state index contributed by atoms with van der Waals surface area (Å²) in [5, 5.41) is 19.5. The second-order valence-electron chi connectivity index (χ2n) is 6.25. The van der Waals surface area contributed by atoms with Crippen molar-refractivity contribution in [3.05, 3.63) is 69.5 Å². The molecule has 0 saturated heterocycles. The summed E-state index contributed by atoms with van der Waals surface area (Å²) < 4.78 is 27.3. The fourth-order valence-corrected chi connectivity index (χ4v) is 4.60. The summed E-state index contributed by atoms with van der Waals surface area (Å²) >= 11 is 1.14. The minimum Gasteiger partial charge on any atom is -0.494 e. The van der Waals surface area contributed by atoms with Gasteiger partial charge in [-0.25, -0.2) is 8.42 Å². The van der Waals surface area contributed by atoms with Gasteiger partial charge in [0.25, 0.3) is 15.6 Å². The summed E-state index contributed by atoms with van der Waals surface area (Å²) in [5.41, 5.74) is 0.429. The topological polar surface area (TPSA) is 137 Å². The maximum atomic E-state index is 12.4. The number of aliphatic imine (C=N–C) groups is 1. The molecule has 0 saturated carbocycles. The largest absolute Gasteiger partial charge is 0.494 e. The van der Waals surface area contributed by atoms with E-state index in [1.54, 1.807) is 31.2 Å². The van der Waals surface area contributed by atoms with Crippen LogP contribution in [0.2, 0.25) is 0 Å². The maximum absolute atomic E-state index is 12.4. The number of aromatic amines is 1. The average molecular weight is 441 g/mol. The molecule has 4 rings (SSSR count). The van der Waals surface area contributed by atoms with Crippen molar-refractivity contribution >= 4 is 49.2 Å². The third kappa shape index (κ3) is 3.93. The number of sulfonamides is 1. The SMILES string of the molecule is Cc1nnc(NS(=O)(=O)c2ccc(N=Cc3c(O)[nH]c(=O)c4ccccc34)cc2)s1. The van der Waals surface area contributed by atoms with E-state index in [9.17, 15) is 18.3 Å². The first-order chi connectivity index (χ1) is 14.3. The van der Waals surface area contributed by atoms with Gasteiger partial charge in [0.2, 0.25) is 11.0 Å². The number of aryl methyl sites for hydroxylation is 1. The van der Waals surface area contributed by atoms with Crippen molar-refractivity contribution in [2.75, 3.05) is 4.72 Å². The summed E-state index contributed by atoms with van der Waals surface area (Å²) in [6.45, 7) is 1.73. The van der Waals surface area contributed by atoms with Crippen molar-refractivity contribution in [3.8, 4) is 5.88 Å². The lowest BCUT2D eigenvalue weighted by molar-refractivity contribution is 0.452. The summed E-state index contributed by atoms with van der Waals surface area (Å²) in [4.78, 5) is 18.7. The summed E-state index contributed by atoms with van der Waals surface area (Å²) in [7, 11) is -3.80. The molecule has 152 valence electrons. The Kier molecular flexibility index (Phi) is 5.06. The molecule has 0 aliphatic carbocycles. The number of nitrogens with one attached hydrogen (secondary N) is 2. The Bertz CT molecular complexity index is 1420. The lowest BCUT2D eigenvalue weighted by Crippen LogP contribution is -2.12. The molecule has 11 heteroatoms. The van der Waals surface area contributed by atoms with E-state index in [0.29, 0.717) is 27.0 Å². The van der Waals surface area contributed by atoms with Crippen LogP contribution in [0.15, 0.2) is 63.2 Å². The van der Waals surface area contributed by atoms with Gasteiger partial charge < -0.3 is 5.11 Å². The van der Waals surface area contributed by atoms with Gasteiger partial charge in [-0.2, -0.15) is 0 Å². The number of aromatic hydroxyl groups is 1. The number of hydrogen-bond acceptors (Lipinski definition) is 8. The van der Waals surface area contributed by atoms with Crippen molar-refractivity contribution in [1.29, 1.82) is 0 Å². The van der Waals surface area contributed by atoms with Crippen molar-refractivity contribution in [1.82, 2.24) is 15.2 Å². The van der Waals surface area contributed by atoms with Crippen molar-refractivity contribution < 1.29 is 13.5 Å². The van der Waals surface area contributed by atoms with Gasteiger partial charge in [-0.05, 0) is 37.3 Å². The van der Waals surface area contributed by atoms with Gasteiger partial charge in [0.15, 0.2) is 0 Å². The van der Waals surface area contributed by atoms with Crippen molar-refractivity contribution in [2.24, 2.45) is 4.99 Å². The smallest absolute Gasteiger partial charge is 0.263 e. The molecule has 9 nitrogen and oxygen atoms in total. The van der Waals surface area contributed by atoms with E-state index < -0.39 is 15.6 Å². The second kappa shape index (κ2) is 7.69. The monoisotopic (exact) mass is 441 g/mol. The van der Waals surface area contributed by atoms with Crippen LogP contribution in [0.5, 0.6) is 5.88 Å². The van der Waals surface area contributed by atoms with Crippen LogP contribution in [0.1, 0.15) is 10.6 Å². The molecule has 2 aromatic carbocycles. The summed E-state index contributed by atoms with van der Waals surface area (Å²) in [6, 6.07) is 12.7. The van der Waals surface area contributed by atoms with E-state index >= 15 is 0 Å². The molecule has 0 atom stereocenters. The molecule has 30 heavy (non-hydrogen) atoms. The van der Waals surface area contributed by atoms with Crippen LogP contribution in [0.25, 0.3) is 10.8 Å². The molecule has 0 aliphatic heterocycles. The first kappa shape index (κ1) is 19.7. The van der Waals surface area contributed by atoms with E-state index in [0.717, 1.165) is 11.3 Å². The number of H-pyrrole nitrogens is 1. The van der Waals surface area contributed by atoms with Gasteiger partial charge in [0.1, 0.15) is 5.01 Å². The van der Waals surface area contributed by atoms with Gasteiger partial charge in [-0.15, -0.1) is 10.2 Å². The van der Waals surface area contributed by atoms with Crippen molar-refractivity contribution in [3.63, 3.8) is 0 Å². The molecule has 0 aliphatic rings. The number of aromatic nitrogens is 3.